The number of anilines is 1. The summed E-state index contributed by atoms with van der Waals surface area (Å²) in [4.78, 5) is 22.4. The van der Waals surface area contributed by atoms with Crippen LogP contribution in [0, 0.1) is 0 Å². The van der Waals surface area contributed by atoms with E-state index in [1.54, 1.807) is 18.1 Å². The Morgan fingerprint density at radius 3 is 2.44 bits per heavy atom. The molecule has 0 saturated heterocycles. The van der Waals surface area contributed by atoms with Crippen molar-refractivity contribution in [2.45, 2.75) is 39.7 Å². The molecule has 0 atom stereocenters. The zero-order valence-corrected chi connectivity index (χ0v) is 11.6. The lowest BCUT2D eigenvalue weighted by atomic mass is 10.2. The van der Waals surface area contributed by atoms with Crippen LogP contribution in [0.1, 0.15) is 49.9 Å². The second kappa shape index (κ2) is 5.77. The number of nitrogens with two attached hydrogens (primary N) is 1. The van der Waals surface area contributed by atoms with E-state index in [1.165, 1.54) is 0 Å². The molecule has 0 radical (unpaired) electrons. The minimum atomic E-state index is -0.165. The molecule has 1 rings (SSSR count). The molecule has 0 unspecified atom stereocenters. The highest BCUT2D eigenvalue weighted by molar-refractivity contribution is 5.97. The van der Waals surface area contributed by atoms with Crippen LogP contribution in [0.4, 0.5) is 5.69 Å². The minimum absolute atomic E-state index is 0.0978. The van der Waals surface area contributed by atoms with Crippen molar-refractivity contribution >= 4 is 11.6 Å². The predicted molar refractivity (Wildman–Crippen MR) is 71.2 cm³/mol. The Hall–Kier alpha value is -1.69. The largest absolute Gasteiger partial charge is 0.338 e. The van der Waals surface area contributed by atoms with Crippen LogP contribution in [0.15, 0.2) is 6.20 Å². The number of carbonyl (C=O) groups is 1. The molecule has 18 heavy (non-hydrogen) atoms. The van der Waals surface area contributed by atoms with Gasteiger partial charge < -0.3 is 10.3 Å². The maximum Gasteiger partial charge on any atom is 0.274 e. The molecule has 0 spiro atoms. The summed E-state index contributed by atoms with van der Waals surface area (Å²) in [6.07, 6.45) is 1.55. The Balaban J connectivity index is 3.19. The van der Waals surface area contributed by atoms with Crippen molar-refractivity contribution in [2.24, 2.45) is 5.84 Å². The van der Waals surface area contributed by atoms with Gasteiger partial charge in [0.25, 0.3) is 5.91 Å². The third-order valence-corrected chi connectivity index (χ3v) is 2.78. The smallest absolute Gasteiger partial charge is 0.274 e. The van der Waals surface area contributed by atoms with E-state index in [4.69, 9.17) is 5.84 Å². The molecule has 1 aromatic heterocycles. The number of carbonyl (C=O) groups excluding carboxylic acids is 1. The molecule has 6 nitrogen and oxygen atoms in total. The summed E-state index contributed by atoms with van der Waals surface area (Å²) in [6.45, 7) is 7.84. The van der Waals surface area contributed by atoms with Gasteiger partial charge >= 0.3 is 0 Å². The summed E-state index contributed by atoms with van der Waals surface area (Å²) < 4.78 is 0. The van der Waals surface area contributed by atoms with Crippen molar-refractivity contribution in [1.82, 2.24) is 14.9 Å². The maximum absolute atomic E-state index is 12.3. The zero-order valence-electron chi connectivity index (χ0n) is 11.6. The highest BCUT2D eigenvalue weighted by Gasteiger charge is 2.21. The van der Waals surface area contributed by atoms with Crippen LogP contribution in [0.5, 0.6) is 0 Å². The van der Waals surface area contributed by atoms with Gasteiger partial charge in [0.2, 0.25) is 0 Å². The number of nitrogens with one attached hydrogen (secondary N) is 1. The van der Waals surface area contributed by atoms with Crippen molar-refractivity contribution in [1.29, 1.82) is 0 Å². The van der Waals surface area contributed by atoms with Crippen molar-refractivity contribution < 1.29 is 4.79 Å². The summed E-state index contributed by atoms with van der Waals surface area (Å²) >= 11 is 0. The van der Waals surface area contributed by atoms with Gasteiger partial charge in [-0.2, -0.15) is 0 Å². The van der Waals surface area contributed by atoms with E-state index in [0.717, 1.165) is 0 Å². The molecule has 1 aromatic rings. The van der Waals surface area contributed by atoms with Gasteiger partial charge in [0, 0.05) is 19.0 Å². The quantitative estimate of drug-likeness (QED) is 0.623. The van der Waals surface area contributed by atoms with Gasteiger partial charge in [-0.15, -0.1) is 0 Å². The second-order valence-electron chi connectivity index (χ2n) is 4.80. The normalized spacial score (nSPS) is 10.9. The molecule has 0 bridgehead atoms. The van der Waals surface area contributed by atoms with Crippen LogP contribution in [0.2, 0.25) is 0 Å². The third kappa shape index (κ3) is 2.95. The molecule has 1 heterocycles. The number of hydrogen-bond donors (Lipinski definition) is 2. The lowest BCUT2D eigenvalue weighted by molar-refractivity contribution is 0.0749. The number of hydrogen-bond acceptors (Lipinski definition) is 5. The maximum atomic E-state index is 12.3. The fraction of sp³-hybridized carbons (Fsp3) is 0.583. The zero-order chi connectivity index (χ0) is 13.9. The SMILES string of the molecule is CC(C)c1ncc(NN)c(C(=O)N(C)C(C)C)n1. The van der Waals surface area contributed by atoms with Gasteiger partial charge in [-0.3, -0.25) is 10.6 Å². The van der Waals surface area contributed by atoms with Gasteiger partial charge in [0.05, 0.1) is 11.9 Å². The fourth-order valence-electron chi connectivity index (χ4n) is 1.34. The van der Waals surface area contributed by atoms with E-state index in [0.29, 0.717) is 17.2 Å². The third-order valence-electron chi connectivity index (χ3n) is 2.78. The van der Waals surface area contributed by atoms with Crippen molar-refractivity contribution in [3.8, 4) is 0 Å². The first-order valence-corrected chi connectivity index (χ1v) is 5.99. The van der Waals surface area contributed by atoms with Crippen LogP contribution in [-0.2, 0) is 0 Å². The van der Waals surface area contributed by atoms with Gasteiger partial charge in [-0.05, 0) is 13.8 Å². The average molecular weight is 251 g/mol. The molecule has 3 N–H and O–H groups in total. The summed E-state index contributed by atoms with van der Waals surface area (Å²) in [5, 5.41) is 0. The Kier molecular flexibility index (Phi) is 4.61. The standard InChI is InChI=1S/C12H21N5O/c1-7(2)11-14-6-9(16-13)10(15-11)12(18)17(5)8(3)4/h6-8,16H,13H2,1-5H3. The lowest BCUT2D eigenvalue weighted by Gasteiger charge is -2.22. The van der Waals surface area contributed by atoms with Gasteiger partial charge in [0.15, 0.2) is 5.69 Å². The van der Waals surface area contributed by atoms with Crippen LogP contribution in [0.25, 0.3) is 0 Å². The van der Waals surface area contributed by atoms with Gasteiger partial charge in [-0.1, -0.05) is 13.8 Å². The molecule has 0 aliphatic heterocycles. The Morgan fingerprint density at radius 1 is 1.39 bits per heavy atom. The van der Waals surface area contributed by atoms with E-state index in [-0.39, 0.29) is 17.9 Å². The number of rotatable bonds is 4. The number of nitrogens with zero attached hydrogens (tertiary/aromatic N) is 3. The van der Waals surface area contributed by atoms with Crippen LogP contribution >= 0.6 is 0 Å². The summed E-state index contributed by atoms with van der Waals surface area (Å²) in [5.74, 6) is 6.02. The van der Waals surface area contributed by atoms with E-state index in [1.807, 2.05) is 27.7 Å². The molecule has 0 aliphatic carbocycles. The Morgan fingerprint density at radius 2 is 2.00 bits per heavy atom. The molecule has 0 saturated carbocycles. The highest BCUT2D eigenvalue weighted by Crippen LogP contribution is 2.17. The van der Waals surface area contributed by atoms with Crippen molar-refractivity contribution in [3.05, 3.63) is 17.7 Å². The Bertz CT molecular complexity index is 430. The summed E-state index contributed by atoms with van der Waals surface area (Å²) in [7, 11) is 1.74. The van der Waals surface area contributed by atoms with Crippen LogP contribution < -0.4 is 11.3 Å². The van der Waals surface area contributed by atoms with Crippen molar-refractivity contribution in [3.63, 3.8) is 0 Å². The fourth-order valence-corrected chi connectivity index (χ4v) is 1.34. The minimum Gasteiger partial charge on any atom is -0.338 e. The number of hydrazine groups is 1. The summed E-state index contributed by atoms with van der Waals surface area (Å²) in [6, 6.07) is 0.0978. The van der Waals surface area contributed by atoms with Gasteiger partial charge in [0.1, 0.15) is 5.82 Å². The first-order chi connectivity index (χ1) is 8.38. The summed E-state index contributed by atoms with van der Waals surface area (Å²) in [5.41, 5.74) is 3.22. The lowest BCUT2D eigenvalue weighted by Crippen LogP contribution is -2.34. The van der Waals surface area contributed by atoms with E-state index < -0.39 is 0 Å². The molecule has 100 valence electrons. The average Bonchev–Trinajstić information content (AvgIpc) is 2.35. The number of aromatic nitrogens is 2. The predicted octanol–water partition coefficient (Wildman–Crippen LogP) is 1.37. The number of amides is 1. The molecular weight excluding hydrogens is 230 g/mol. The molecule has 0 aromatic carbocycles. The number of nitrogen functional groups attached to an aromatic ring is 1. The molecular formula is C12H21N5O. The van der Waals surface area contributed by atoms with Crippen LogP contribution in [-0.4, -0.2) is 33.9 Å². The monoisotopic (exact) mass is 251 g/mol. The van der Waals surface area contributed by atoms with E-state index >= 15 is 0 Å². The van der Waals surface area contributed by atoms with Crippen LogP contribution in [0.3, 0.4) is 0 Å². The molecule has 6 heteroatoms. The molecule has 0 fully saturated rings. The Labute approximate surface area is 108 Å². The second-order valence-corrected chi connectivity index (χ2v) is 4.80. The van der Waals surface area contributed by atoms with Gasteiger partial charge in [-0.25, -0.2) is 9.97 Å². The molecule has 1 amide bonds. The first-order valence-electron chi connectivity index (χ1n) is 5.99. The molecule has 0 aliphatic rings. The van der Waals surface area contributed by atoms with E-state index in [9.17, 15) is 4.79 Å². The first kappa shape index (κ1) is 14.4. The van der Waals surface area contributed by atoms with Crippen molar-refractivity contribution in [2.75, 3.05) is 12.5 Å². The van der Waals surface area contributed by atoms with E-state index in [2.05, 4.69) is 15.4 Å². The highest BCUT2D eigenvalue weighted by atomic mass is 16.2. The topological polar surface area (TPSA) is 84.1 Å².